The molecule has 0 unspecified atom stereocenters. The van der Waals surface area contributed by atoms with Gasteiger partial charge in [-0.1, -0.05) is 11.6 Å². The van der Waals surface area contributed by atoms with Gasteiger partial charge >= 0.3 is 0 Å². The summed E-state index contributed by atoms with van der Waals surface area (Å²) in [5, 5.41) is 9.12. The van der Waals surface area contributed by atoms with Gasteiger partial charge in [-0.15, -0.1) is 0 Å². The lowest BCUT2D eigenvalue weighted by Crippen LogP contribution is -1.96. The van der Waals surface area contributed by atoms with Crippen LogP contribution in [-0.2, 0) is 6.42 Å². The molecule has 0 bridgehead atoms. The molecule has 1 aromatic carbocycles. The molecule has 3 nitrogen and oxygen atoms in total. The lowest BCUT2D eigenvalue weighted by atomic mass is 10.1. The summed E-state index contributed by atoms with van der Waals surface area (Å²) < 4.78 is 10.4. The van der Waals surface area contributed by atoms with Crippen molar-refractivity contribution in [2.75, 3.05) is 14.2 Å². The Labute approximate surface area is 94.2 Å². The number of nitrogens with zero attached hydrogens (tertiary/aromatic N) is 1. The number of rotatable bonds is 4. The van der Waals surface area contributed by atoms with Crippen LogP contribution in [0.15, 0.2) is 12.1 Å². The van der Waals surface area contributed by atoms with E-state index in [1.807, 2.05) is 0 Å². The molecule has 1 aromatic rings. The second-order valence-corrected chi connectivity index (χ2v) is 3.39. The summed E-state index contributed by atoms with van der Waals surface area (Å²) in [4.78, 5) is 0. The quantitative estimate of drug-likeness (QED) is 0.791. The van der Waals surface area contributed by atoms with Crippen molar-refractivity contribution in [1.29, 1.82) is 5.26 Å². The maximum absolute atomic E-state index is 8.53. The van der Waals surface area contributed by atoms with Crippen LogP contribution < -0.4 is 9.47 Å². The highest BCUT2D eigenvalue weighted by Gasteiger charge is 2.11. The summed E-state index contributed by atoms with van der Waals surface area (Å²) in [6.45, 7) is 0. The van der Waals surface area contributed by atoms with Gasteiger partial charge in [-0.05, 0) is 12.5 Å². The third-order valence-corrected chi connectivity index (χ3v) is 2.24. The molecule has 0 aromatic heterocycles. The molecular formula is C11H12ClNO2. The molecule has 0 spiro atoms. The normalized spacial score (nSPS) is 9.47. The lowest BCUT2D eigenvalue weighted by Gasteiger charge is -2.12. The lowest BCUT2D eigenvalue weighted by molar-refractivity contribution is 0.352. The molecule has 0 fully saturated rings. The van der Waals surface area contributed by atoms with Crippen molar-refractivity contribution in [3.8, 4) is 17.6 Å². The molecule has 0 aliphatic rings. The van der Waals surface area contributed by atoms with E-state index >= 15 is 0 Å². The number of hydrogen-bond acceptors (Lipinski definition) is 3. The molecule has 0 N–H and O–H groups in total. The highest BCUT2D eigenvalue weighted by molar-refractivity contribution is 6.30. The zero-order valence-electron chi connectivity index (χ0n) is 8.71. The summed E-state index contributed by atoms with van der Waals surface area (Å²) in [5.74, 6) is 1.25. The van der Waals surface area contributed by atoms with Crippen LogP contribution in [0.1, 0.15) is 12.0 Å². The molecule has 0 radical (unpaired) electrons. The number of hydrogen-bond donors (Lipinski definition) is 0. The van der Waals surface area contributed by atoms with Crippen molar-refractivity contribution < 1.29 is 9.47 Å². The van der Waals surface area contributed by atoms with Crippen molar-refractivity contribution in [2.45, 2.75) is 12.8 Å². The predicted molar refractivity (Wildman–Crippen MR) is 58.5 cm³/mol. The van der Waals surface area contributed by atoms with E-state index in [0.717, 1.165) is 5.56 Å². The zero-order chi connectivity index (χ0) is 11.3. The van der Waals surface area contributed by atoms with Gasteiger partial charge in [0.15, 0.2) is 11.5 Å². The van der Waals surface area contributed by atoms with E-state index in [0.29, 0.717) is 29.4 Å². The van der Waals surface area contributed by atoms with E-state index in [4.69, 9.17) is 26.3 Å². The Hall–Kier alpha value is -1.40. The van der Waals surface area contributed by atoms with E-state index in [9.17, 15) is 0 Å². The van der Waals surface area contributed by atoms with Gasteiger partial charge in [0.25, 0.3) is 0 Å². The SMILES string of the molecule is COc1cc(Cl)cc(CCC#N)c1OC. The van der Waals surface area contributed by atoms with Crippen molar-refractivity contribution >= 4 is 11.6 Å². The van der Waals surface area contributed by atoms with E-state index in [2.05, 4.69) is 6.07 Å². The van der Waals surface area contributed by atoms with E-state index in [1.54, 1.807) is 26.4 Å². The fourth-order valence-corrected chi connectivity index (χ4v) is 1.61. The van der Waals surface area contributed by atoms with Crippen molar-refractivity contribution in [3.63, 3.8) is 0 Å². The van der Waals surface area contributed by atoms with Crippen molar-refractivity contribution in [2.24, 2.45) is 0 Å². The summed E-state index contributed by atoms with van der Waals surface area (Å²) in [7, 11) is 3.13. The van der Waals surface area contributed by atoms with Crippen LogP contribution >= 0.6 is 11.6 Å². The summed E-state index contributed by atoms with van der Waals surface area (Å²) >= 11 is 5.92. The molecule has 1 rings (SSSR count). The van der Waals surface area contributed by atoms with Gasteiger partial charge < -0.3 is 9.47 Å². The molecular weight excluding hydrogens is 214 g/mol. The van der Waals surface area contributed by atoms with Crippen LogP contribution in [0.3, 0.4) is 0 Å². The minimum Gasteiger partial charge on any atom is -0.493 e. The second kappa shape index (κ2) is 5.47. The largest absolute Gasteiger partial charge is 0.493 e. The molecule has 0 aliphatic carbocycles. The minimum absolute atomic E-state index is 0.430. The fraction of sp³-hybridized carbons (Fsp3) is 0.364. The van der Waals surface area contributed by atoms with Crippen LogP contribution in [0, 0.1) is 11.3 Å². The number of methoxy groups -OCH3 is 2. The van der Waals surface area contributed by atoms with Gasteiger partial charge in [0, 0.05) is 23.1 Å². The molecule has 15 heavy (non-hydrogen) atoms. The van der Waals surface area contributed by atoms with Crippen LogP contribution in [-0.4, -0.2) is 14.2 Å². The number of benzene rings is 1. The minimum atomic E-state index is 0.430. The first-order valence-corrected chi connectivity index (χ1v) is 4.88. The number of halogens is 1. The Kier molecular flexibility index (Phi) is 4.26. The van der Waals surface area contributed by atoms with Gasteiger partial charge in [-0.2, -0.15) is 5.26 Å². The highest BCUT2D eigenvalue weighted by atomic mass is 35.5. The summed E-state index contributed by atoms with van der Waals surface area (Å²) in [6.07, 6.45) is 1.04. The Morgan fingerprint density at radius 3 is 2.60 bits per heavy atom. The van der Waals surface area contributed by atoms with E-state index < -0.39 is 0 Å². The predicted octanol–water partition coefficient (Wildman–Crippen LogP) is 2.81. The van der Waals surface area contributed by atoms with Gasteiger partial charge in [0.1, 0.15) is 0 Å². The average molecular weight is 226 g/mol. The van der Waals surface area contributed by atoms with Crippen molar-refractivity contribution in [3.05, 3.63) is 22.7 Å². The Morgan fingerprint density at radius 2 is 2.07 bits per heavy atom. The number of ether oxygens (including phenoxy) is 2. The number of nitriles is 1. The Morgan fingerprint density at radius 1 is 1.33 bits per heavy atom. The molecule has 0 saturated carbocycles. The topological polar surface area (TPSA) is 42.2 Å². The fourth-order valence-electron chi connectivity index (χ4n) is 1.38. The first-order valence-electron chi connectivity index (χ1n) is 4.50. The summed E-state index contributed by atoms with van der Waals surface area (Å²) in [6, 6.07) is 5.57. The van der Waals surface area contributed by atoms with E-state index in [1.165, 1.54) is 0 Å². The smallest absolute Gasteiger partial charge is 0.164 e. The summed E-state index contributed by atoms with van der Waals surface area (Å²) in [5.41, 5.74) is 0.892. The van der Waals surface area contributed by atoms with Gasteiger partial charge in [-0.3, -0.25) is 0 Å². The highest BCUT2D eigenvalue weighted by Crippen LogP contribution is 2.34. The van der Waals surface area contributed by atoms with Gasteiger partial charge in [0.2, 0.25) is 0 Å². The third kappa shape index (κ3) is 2.77. The number of aryl methyl sites for hydroxylation is 1. The van der Waals surface area contributed by atoms with E-state index in [-0.39, 0.29) is 0 Å². The molecule has 0 aliphatic heterocycles. The average Bonchev–Trinajstić information content (AvgIpc) is 2.25. The second-order valence-electron chi connectivity index (χ2n) is 2.96. The van der Waals surface area contributed by atoms with Gasteiger partial charge in [0.05, 0.1) is 20.3 Å². The van der Waals surface area contributed by atoms with Crippen LogP contribution in [0.25, 0.3) is 0 Å². The van der Waals surface area contributed by atoms with Crippen LogP contribution in [0.2, 0.25) is 5.02 Å². The third-order valence-electron chi connectivity index (χ3n) is 2.03. The molecule has 0 atom stereocenters. The maximum Gasteiger partial charge on any atom is 0.164 e. The maximum atomic E-state index is 8.53. The zero-order valence-corrected chi connectivity index (χ0v) is 9.47. The molecule has 4 heteroatoms. The van der Waals surface area contributed by atoms with Gasteiger partial charge in [-0.25, -0.2) is 0 Å². The standard InChI is InChI=1S/C11H12ClNO2/c1-14-10-7-9(12)6-8(4-3-5-13)11(10)15-2/h6-7H,3-4H2,1-2H3. The Balaban J connectivity index is 3.11. The molecule has 0 saturated heterocycles. The monoisotopic (exact) mass is 225 g/mol. The first kappa shape index (κ1) is 11.7. The molecule has 0 heterocycles. The van der Waals surface area contributed by atoms with Crippen molar-refractivity contribution in [1.82, 2.24) is 0 Å². The Bertz CT molecular complexity index is 385. The van der Waals surface area contributed by atoms with Crippen LogP contribution in [0.5, 0.6) is 11.5 Å². The molecule has 0 amide bonds. The molecule has 80 valence electrons. The first-order chi connectivity index (χ1) is 7.22. The van der Waals surface area contributed by atoms with Crippen LogP contribution in [0.4, 0.5) is 0 Å².